The first kappa shape index (κ1) is 20.7. The van der Waals surface area contributed by atoms with Crippen molar-refractivity contribution in [3.05, 3.63) is 132 Å². The van der Waals surface area contributed by atoms with E-state index in [4.69, 9.17) is 0 Å². The van der Waals surface area contributed by atoms with Gasteiger partial charge in [-0.15, -0.1) is 0 Å². The lowest BCUT2D eigenvalue weighted by molar-refractivity contribution is 0.963. The maximum absolute atomic E-state index is 3.60. The first-order valence-electron chi connectivity index (χ1n) is 11.7. The van der Waals surface area contributed by atoms with Gasteiger partial charge in [-0.25, -0.2) is 0 Å². The third-order valence-corrected chi connectivity index (χ3v) is 8.83. The molecule has 5 aromatic carbocycles. The fraction of sp³-hybridized carbons (Fsp3) is 0.0323. The first-order valence-corrected chi connectivity index (χ1v) is 13.4. The lowest BCUT2D eigenvalue weighted by Gasteiger charge is -2.26. The lowest BCUT2D eigenvalue weighted by atomic mass is 9.85. The van der Waals surface area contributed by atoms with E-state index in [0.29, 0.717) is 0 Å². The van der Waals surface area contributed by atoms with Gasteiger partial charge >= 0.3 is 0 Å². The van der Waals surface area contributed by atoms with Gasteiger partial charge in [0.25, 0.3) is 0 Å². The van der Waals surface area contributed by atoms with E-state index in [9.17, 15) is 0 Å². The van der Waals surface area contributed by atoms with Crippen LogP contribution in [-0.2, 0) is 0 Å². The van der Waals surface area contributed by atoms with Gasteiger partial charge in [-0.3, -0.25) is 0 Å². The molecule has 5 aromatic rings. The highest BCUT2D eigenvalue weighted by Crippen LogP contribution is 2.48. The van der Waals surface area contributed by atoms with E-state index in [0.717, 1.165) is 0 Å². The molecule has 0 unspecified atom stereocenters. The van der Waals surface area contributed by atoms with E-state index < -0.39 is 0 Å². The summed E-state index contributed by atoms with van der Waals surface area (Å²) in [5.74, 6) is 0.155. The lowest BCUT2D eigenvalue weighted by Crippen LogP contribution is -2.07. The quantitative estimate of drug-likeness (QED) is 0.243. The minimum absolute atomic E-state index is 0.155. The Bertz CT molecular complexity index is 1460. The van der Waals surface area contributed by atoms with Crippen LogP contribution in [0.15, 0.2) is 135 Å². The molecule has 0 saturated carbocycles. The molecule has 0 bridgehead atoms. The van der Waals surface area contributed by atoms with Gasteiger partial charge < -0.3 is 10.6 Å². The molecule has 2 N–H and O–H groups in total. The number of hydrogen-bond donors (Lipinski definition) is 2. The highest BCUT2D eigenvalue weighted by atomic mass is 32.2. The molecule has 35 heavy (non-hydrogen) atoms. The minimum Gasteiger partial charge on any atom is -0.354 e. The zero-order valence-corrected chi connectivity index (χ0v) is 20.5. The predicted molar refractivity (Wildman–Crippen MR) is 148 cm³/mol. The number of rotatable bonds is 3. The molecule has 7 rings (SSSR count). The molecule has 168 valence electrons. The molecule has 0 aromatic heterocycles. The normalized spacial score (nSPS) is 13.1. The number of nitrogens with one attached hydrogen (secondary N) is 2. The van der Waals surface area contributed by atoms with Gasteiger partial charge in [0.05, 0.1) is 22.7 Å². The number of anilines is 4. The molecule has 2 heterocycles. The summed E-state index contributed by atoms with van der Waals surface area (Å²) in [5.41, 5.74) is 8.61. The highest BCUT2D eigenvalue weighted by Gasteiger charge is 2.23. The van der Waals surface area contributed by atoms with Crippen molar-refractivity contribution in [3.63, 3.8) is 0 Å². The van der Waals surface area contributed by atoms with Crippen molar-refractivity contribution in [2.45, 2.75) is 25.5 Å². The molecule has 2 aliphatic rings. The summed E-state index contributed by atoms with van der Waals surface area (Å²) in [6, 6.07) is 41.6. The van der Waals surface area contributed by atoms with E-state index in [-0.39, 0.29) is 5.92 Å². The van der Waals surface area contributed by atoms with E-state index in [1.807, 2.05) is 23.5 Å². The Labute approximate surface area is 213 Å². The smallest absolute Gasteiger partial charge is 0.0526 e. The Balaban J connectivity index is 1.31. The highest BCUT2D eigenvalue weighted by molar-refractivity contribution is 8.00. The van der Waals surface area contributed by atoms with Crippen LogP contribution in [0.1, 0.15) is 22.6 Å². The van der Waals surface area contributed by atoms with Gasteiger partial charge in [-0.2, -0.15) is 0 Å². The summed E-state index contributed by atoms with van der Waals surface area (Å²) in [6.45, 7) is 0. The molecular formula is C31H22N2S2. The summed E-state index contributed by atoms with van der Waals surface area (Å²) in [7, 11) is 0. The Morgan fingerprint density at radius 1 is 0.400 bits per heavy atom. The van der Waals surface area contributed by atoms with Crippen LogP contribution in [0.4, 0.5) is 22.7 Å². The molecule has 0 amide bonds. The molecule has 4 heteroatoms. The third-order valence-electron chi connectivity index (χ3n) is 6.56. The van der Waals surface area contributed by atoms with Gasteiger partial charge in [0, 0.05) is 25.5 Å². The summed E-state index contributed by atoms with van der Waals surface area (Å²) < 4.78 is 0. The number of benzene rings is 5. The molecule has 2 aliphatic heterocycles. The van der Waals surface area contributed by atoms with Gasteiger partial charge in [0.1, 0.15) is 0 Å². The van der Waals surface area contributed by atoms with E-state index >= 15 is 0 Å². The van der Waals surface area contributed by atoms with Gasteiger partial charge in [0.15, 0.2) is 0 Å². The summed E-state index contributed by atoms with van der Waals surface area (Å²) >= 11 is 3.69. The second kappa shape index (κ2) is 8.56. The van der Waals surface area contributed by atoms with Crippen molar-refractivity contribution < 1.29 is 0 Å². The fourth-order valence-electron chi connectivity index (χ4n) is 4.88. The maximum atomic E-state index is 3.60. The summed E-state index contributed by atoms with van der Waals surface area (Å²) in [6.07, 6.45) is 0. The molecule has 2 nitrogen and oxygen atoms in total. The van der Waals surface area contributed by atoms with Gasteiger partial charge in [-0.1, -0.05) is 90.3 Å². The van der Waals surface area contributed by atoms with Crippen molar-refractivity contribution in [1.82, 2.24) is 0 Å². The Hall–Kier alpha value is -3.60. The summed E-state index contributed by atoms with van der Waals surface area (Å²) in [5, 5.41) is 7.21. The zero-order valence-electron chi connectivity index (χ0n) is 18.9. The topological polar surface area (TPSA) is 24.1 Å². The van der Waals surface area contributed by atoms with Crippen molar-refractivity contribution in [3.8, 4) is 0 Å². The average Bonchev–Trinajstić information content (AvgIpc) is 2.91. The van der Waals surface area contributed by atoms with Crippen molar-refractivity contribution in [1.29, 1.82) is 0 Å². The van der Waals surface area contributed by atoms with Crippen LogP contribution < -0.4 is 10.6 Å². The van der Waals surface area contributed by atoms with Crippen LogP contribution in [0.3, 0.4) is 0 Å². The molecule has 0 aliphatic carbocycles. The largest absolute Gasteiger partial charge is 0.354 e. The number of fused-ring (bicyclic) bond motifs is 4. The average molecular weight is 487 g/mol. The van der Waals surface area contributed by atoms with E-state index in [1.165, 1.54) is 59.0 Å². The second-order valence-corrected chi connectivity index (χ2v) is 11.0. The van der Waals surface area contributed by atoms with Crippen molar-refractivity contribution >= 4 is 46.3 Å². The maximum Gasteiger partial charge on any atom is 0.0526 e. The Morgan fingerprint density at radius 2 is 0.857 bits per heavy atom. The van der Waals surface area contributed by atoms with Crippen LogP contribution in [0.2, 0.25) is 0 Å². The molecule has 0 spiro atoms. The molecular weight excluding hydrogens is 464 g/mol. The van der Waals surface area contributed by atoms with Gasteiger partial charge in [-0.05, 0) is 65.2 Å². The summed E-state index contributed by atoms with van der Waals surface area (Å²) in [4.78, 5) is 5.07. The van der Waals surface area contributed by atoms with Crippen molar-refractivity contribution in [2.75, 3.05) is 10.6 Å². The number of hydrogen-bond acceptors (Lipinski definition) is 4. The first-order chi connectivity index (χ1) is 17.3. The predicted octanol–water partition coefficient (Wildman–Crippen LogP) is 9.28. The molecule has 0 saturated heterocycles. The minimum atomic E-state index is 0.155. The fourth-order valence-corrected chi connectivity index (χ4v) is 6.95. The van der Waals surface area contributed by atoms with Crippen molar-refractivity contribution in [2.24, 2.45) is 0 Å². The van der Waals surface area contributed by atoms with E-state index in [1.54, 1.807) is 0 Å². The van der Waals surface area contributed by atoms with E-state index in [2.05, 4.69) is 126 Å². The van der Waals surface area contributed by atoms with Crippen LogP contribution in [-0.4, -0.2) is 0 Å². The molecule has 0 fully saturated rings. The number of para-hydroxylation sites is 2. The zero-order chi connectivity index (χ0) is 23.2. The second-order valence-electron chi connectivity index (χ2n) is 8.80. The molecule has 0 radical (unpaired) electrons. The van der Waals surface area contributed by atoms with Crippen LogP contribution in [0.5, 0.6) is 0 Å². The monoisotopic (exact) mass is 486 g/mol. The Morgan fingerprint density at radius 3 is 1.40 bits per heavy atom. The third kappa shape index (κ3) is 3.79. The molecule has 0 atom stereocenters. The van der Waals surface area contributed by atoms with Gasteiger partial charge in [0.2, 0.25) is 0 Å². The SMILES string of the molecule is c1ccc(C(c2ccc3c(c2)Sc2ccccc2N3)c2ccc3c(c2)Sc2ccccc2N3)cc1. The van der Waals surface area contributed by atoms with Crippen LogP contribution in [0.25, 0.3) is 0 Å². The van der Waals surface area contributed by atoms with Crippen LogP contribution >= 0.6 is 23.5 Å². The van der Waals surface area contributed by atoms with Crippen LogP contribution in [0, 0.1) is 0 Å². The standard InChI is InChI=1S/C31H22N2S2/c1-2-8-20(9-3-1)31(21-14-16-25-29(18-21)34-27-12-6-4-10-23(27)32-25)22-15-17-26-30(19-22)35-28-13-7-5-11-24(28)33-26/h1-19,31-33H. The Kier molecular flexibility index (Phi) is 5.07.